The minimum absolute atomic E-state index is 0.221. The smallest absolute Gasteiger partial charge is 0.123 e. The van der Waals surface area contributed by atoms with Gasteiger partial charge in [0.1, 0.15) is 5.75 Å². The van der Waals surface area contributed by atoms with Crippen molar-refractivity contribution < 1.29 is 4.74 Å². The summed E-state index contributed by atoms with van der Waals surface area (Å²) in [5.74, 6) is 2.01. The first-order valence-electron chi connectivity index (χ1n) is 8.99. The highest BCUT2D eigenvalue weighted by Crippen LogP contribution is 2.59. The Balaban J connectivity index is 1.67. The molecule has 0 spiro atoms. The molecule has 4 aliphatic rings. The van der Waals surface area contributed by atoms with E-state index in [1.165, 1.54) is 57.3 Å². The van der Waals surface area contributed by atoms with E-state index < -0.39 is 0 Å². The standard InChI is InChI=1S/C19H26N2O/c1-22-17-9-3-2-7-15(17)19-12-14-6-4-8-16(14)21(19)13-20-11-5-10-18(19)20/h2-3,7,9,14,16,18H,4-6,8,10-13H2,1H3/t14-,16-,18-,19-/m1/s1. The molecule has 4 atom stereocenters. The van der Waals surface area contributed by atoms with Crippen LogP contribution in [0.1, 0.15) is 44.1 Å². The summed E-state index contributed by atoms with van der Waals surface area (Å²) < 4.78 is 5.79. The lowest BCUT2D eigenvalue weighted by Gasteiger charge is -2.39. The first-order chi connectivity index (χ1) is 10.8. The summed E-state index contributed by atoms with van der Waals surface area (Å²) >= 11 is 0. The van der Waals surface area contributed by atoms with Gasteiger partial charge in [-0.05, 0) is 50.6 Å². The van der Waals surface area contributed by atoms with Gasteiger partial charge in [-0.25, -0.2) is 0 Å². The van der Waals surface area contributed by atoms with Crippen molar-refractivity contribution in [2.24, 2.45) is 5.92 Å². The Bertz CT molecular complexity index is 589. The van der Waals surface area contributed by atoms with E-state index in [1.807, 2.05) is 7.11 Å². The van der Waals surface area contributed by atoms with Crippen molar-refractivity contribution in [3.05, 3.63) is 29.8 Å². The lowest BCUT2D eigenvalue weighted by Crippen LogP contribution is -2.46. The lowest BCUT2D eigenvalue weighted by molar-refractivity contribution is 0.128. The molecule has 1 aromatic rings. The summed E-state index contributed by atoms with van der Waals surface area (Å²) in [5, 5.41) is 0. The first-order valence-corrected chi connectivity index (χ1v) is 8.99. The molecule has 1 aliphatic carbocycles. The Morgan fingerprint density at radius 1 is 1.14 bits per heavy atom. The maximum absolute atomic E-state index is 5.79. The minimum atomic E-state index is 0.221. The van der Waals surface area contributed by atoms with E-state index in [2.05, 4.69) is 34.1 Å². The number of nitrogens with zero attached hydrogens (tertiary/aromatic N) is 2. The molecule has 1 aromatic carbocycles. The second-order valence-corrected chi connectivity index (χ2v) is 7.67. The van der Waals surface area contributed by atoms with E-state index in [1.54, 1.807) is 0 Å². The lowest BCUT2D eigenvalue weighted by atomic mass is 9.78. The number of hydrogen-bond acceptors (Lipinski definition) is 3. The Kier molecular flexibility index (Phi) is 2.87. The molecular formula is C19H26N2O. The Labute approximate surface area is 133 Å². The van der Waals surface area contributed by atoms with Crippen LogP contribution >= 0.6 is 0 Å². The van der Waals surface area contributed by atoms with Gasteiger partial charge in [-0.3, -0.25) is 9.80 Å². The fourth-order valence-electron chi connectivity index (χ4n) is 6.22. The second kappa shape index (κ2) is 4.72. The molecule has 0 bridgehead atoms. The highest BCUT2D eigenvalue weighted by atomic mass is 16.5. The molecule has 0 radical (unpaired) electrons. The predicted octanol–water partition coefficient (Wildman–Crippen LogP) is 3.20. The van der Waals surface area contributed by atoms with E-state index in [4.69, 9.17) is 4.74 Å². The zero-order valence-corrected chi connectivity index (χ0v) is 13.5. The van der Waals surface area contributed by atoms with Gasteiger partial charge in [0.2, 0.25) is 0 Å². The minimum Gasteiger partial charge on any atom is -0.496 e. The molecule has 0 unspecified atom stereocenters. The molecule has 3 heteroatoms. The Morgan fingerprint density at radius 2 is 2.05 bits per heavy atom. The van der Waals surface area contributed by atoms with Crippen LogP contribution in [-0.4, -0.2) is 42.2 Å². The van der Waals surface area contributed by atoms with Gasteiger partial charge in [0.25, 0.3) is 0 Å². The van der Waals surface area contributed by atoms with Crippen molar-refractivity contribution in [3.63, 3.8) is 0 Å². The van der Waals surface area contributed by atoms with E-state index in [0.717, 1.165) is 17.7 Å². The van der Waals surface area contributed by atoms with Crippen LogP contribution in [0.15, 0.2) is 24.3 Å². The van der Waals surface area contributed by atoms with E-state index in [0.29, 0.717) is 6.04 Å². The summed E-state index contributed by atoms with van der Waals surface area (Å²) in [6.45, 7) is 2.47. The van der Waals surface area contributed by atoms with Crippen LogP contribution in [0, 0.1) is 5.92 Å². The molecule has 0 aromatic heterocycles. The summed E-state index contributed by atoms with van der Waals surface area (Å²) in [4.78, 5) is 5.63. The third-order valence-corrected chi connectivity index (χ3v) is 6.93. The topological polar surface area (TPSA) is 15.7 Å². The maximum Gasteiger partial charge on any atom is 0.123 e. The third kappa shape index (κ3) is 1.54. The van der Waals surface area contributed by atoms with Crippen LogP contribution in [0.4, 0.5) is 0 Å². The van der Waals surface area contributed by atoms with Gasteiger partial charge in [-0.15, -0.1) is 0 Å². The van der Waals surface area contributed by atoms with Gasteiger partial charge in [-0.1, -0.05) is 24.6 Å². The maximum atomic E-state index is 5.79. The number of fused-ring (bicyclic) bond motifs is 5. The van der Waals surface area contributed by atoms with Gasteiger partial charge >= 0.3 is 0 Å². The van der Waals surface area contributed by atoms with Crippen molar-refractivity contribution in [3.8, 4) is 5.75 Å². The molecule has 4 fully saturated rings. The molecule has 1 saturated carbocycles. The fourth-order valence-corrected chi connectivity index (χ4v) is 6.22. The number of hydrogen-bond donors (Lipinski definition) is 0. The van der Waals surface area contributed by atoms with Crippen LogP contribution in [0.3, 0.4) is 0 Å². The predicted molar refractivity (Wildman–Crippen MR) is 86.9 cm³/mol. The van der Waals surface area contributed by atoms with Crippen LogP contribution in [0.25, 0.3) is 0 Å². The van der Waals surface area contributed by atoms with Gasteiger partial charge in [-0.2, -0.15) is 0 Å². The zero-order chi connectivity index (χ0) is 14.7. The molecule has 0 amide bonds. The molecule has 3 saturated heterocycles. The summed E-state index contributed by atoms with van der Waals surface area (Å²) in [7, 11) is 1.83. The molecular weight excluding hydrogens is 272 g/mol. The normalized spacial score (nSPS) is 40.7. The monoisotopic (exact) mass is 298 g/mol. The Morgan fingerprint density at radius 3 is 2.95 bits per heavy atom. The van der Waals surface area contributed by atoms with Crippen LogP contribution in [0.5, 0.6) is 5.75 Å². The van der Waals surface area contributed by atoms with E-state index in [9.17, 15) is 0 Å². The van der Waals surface area contributed by atoms with Gasteiger partial charge in [0, 0.05) is 17.6 Å². The summed E-state index contributed by atoms with van der Waals surface area (Å²) in [5.41, 5.74) is 1.68. The summed E-state index contributed by atoms with van der Waals surface area (Å²) in [6.07, 6.45) is 8.34. The SMILES string of the molecule is COc1ccccc1[C@@]12C[C@H]3CCC[C@H]3N1CN1CCC[C@@H]12. The molecule has 22 heavy (non-hydrogen) atoms. The molecule has 3 heterocycles. The highest BCUT2D eigenvalue weighted by molar-refractivity contribution is 5.43. The Hall–Kier alpha value is -1.06. The quantitative estimate of drug-likeness (QED) is 0.834. The number of para-hydroxylation sites is 1. The average molecular weight is 298 g/mol. The molecule has 118 valence electrons. The zero-order valence-electron chi connectivity index (χ0n) is 13.5. The van der Waals surface area contributed by atoms with Crippen molar-refractivity contribution in [1.82, 2.24) is 9.80 Å². The van der Waals surface area contributed by atoms with Crippen molar-refractivity contribution in [1.29, 1.82) is 0 Å². The van der Waals surface area contributed by atoms with Crippen molar-refractivity contribution >= 4 is 0 Å². The number of benzene rings is 1. The summed E-state index contributed by atoms with van der Waals surface area (Å²) in [6, 6.07) is 10.3. The van der Waals surface area contributed by atoms with Crippen LogP contribution < -0.4 is 4.74 Å². The van der Waals surface area contributed by atoms with Crippen molar-refractivity contribution in [2.45, 2.75) is 56.1 Å². The number of rotatable bonds is 2. The van der Waals surface area contributed by atoms with Crippen LogP contribution in [-0.2, 0) is 5.54 Å². The van der Waals surface area contributed by atoms with E-state index >= 15 is 0 Å². The van der Waals surface area contributed by atoms with Gasteiger partial charge < -0.3 is 4.74 Å². The van der Waals surface area contributed by atoms with Gasteiger partial charge in [0.15, 0.2) is 0 Å². The molecule has 5 rings (SSSR count). The third-order valence-electron chi connectivity index (χ3n) is 6.93. The molecule has 0 N–H and O–H groups in total. The highest BCUT2D eigenvalue weighted by Gasteiger charge is 2.63. The van der Waals surface area contributed by atoms with Gasteiger partial charge in [0.05, 0.1) is 19.3 Å². The average Bonchev–Trinajstić information content (AvgIpc) is 3.26. The number of ether oxygens (including phenoxy) is 1. The van der Waals surface area contributed by atoms with Crippen LogP contribution in [0.2, 0.25) is 0 Å². The second-order valence-electron chi connectivity index (χ2n) is 7.67. The largest absolute Gasteiger partial charge is 0.496 e. The van der Waals surface area contributed by atoms with Crippen molar-refractivity contribution in [2.75, 3.05) is 20.3 Å². The van der Waals surface area contributed by atoms with E-state index in [-0.39, 0.29) is 5.54 Å². The first kappa shape index (κ1) is 13.4. The molecule has 3 nitrogen and oxygen atoms in total. The number of methoxy groups -OCH3 is 1. The molecule has 3 aliphatic heterocycles. The fraction of sp³-hybridized carbons (Fsp3) is 0.684.